The van der Waals surface area contributed by atoms with Gasteiger partial charge in [0.15, 0.2) is 0 Å². The van der Waals surface area contributed by atoms with Gasteiger partial charge in [0.25, 0.3) is 5.91 Å². The highest BCUT2D eigenvalue weighted by Gasteiger charge is 2.32. The molecule has 0 unspecified atom stereocenters. The normalized spacial score (nSPS) is 22.5. The number of sulfonamides is 1. The average Bonchev–Trinajstić information content (AvgIpc) is 2.79. The molecular formula is C23H29N3O5S. The smallest absolute Gasteiger partial charge is 0.255 e. The Balaban J connectivity index is 1.46. The van der Waals surface area contributed by atoms with Gasteiger partial charge in [-0.3, -0.25) is 4.79 Å². The number of benzene rings is 2. The topological polar surface area (TPSA) is 88.2 Å². The van der Waals surface area contributed by atoms with Crippen molar-refractivity contribution < 1.29 is 22.7 Å². The molecule has 172 valence electrons. The second kappa shape index (κ2) is 9.58. The fraction of sp³-hybridized carbons (Fsp3) is 0.435. The number of rotatable bonds is 5. The Morgan fingerprint density at radius 3 is 2.31 bits per heavy atom. The van der Waals surface area contributed by atoms with Crippen LogP contribution >= 0.6 is 0 Å². The van der Waals surface area contributed by atoms with Gasteiger partial charge in [0.1, 0.15) is 0 Å². The van der Waals surface area contributed by atoms with E-state index in [0.717, 1.165) is 18.8 Å². The Bertz CT molecular complexity index is 1040. The molecular weight excluding hydrogens is 430 g/mol. The average molecular weight is 460 g/mol. The fourth-order valence-electron chi connectivity index (χ4n) is 4.05. The second-order valence-electron chi connectivity index (χ2n) is 8.21. The van der Waals surface area contributed by atoms with E-state index in [2.05, 4.69) is 10.2 Å². The highest BCUT2D eigenvalue weighted by atomic mass is 32.2. The van der Waals surface area contributed by atoms with E-state index in [1.54, 1.807) is 12.1 Å². The van der Waals surface area contributed by atoms with Crippen LogP contribution in [0.3, 0.4) is 0 Å². The molecule has 0 aliphatic carbocycles. The van der Waals surface area contributed by atoms with Crippen LogP contribution < -0.4 is 10.2 Å². The molecule has 2 aromatic carbocycles. The summed E-state index contributed by atoms with van der Waals surface area (Å²) in [5, 5.41) is 2.85. The second-order valence-corrected chi connectivity index (χ2v) is 10.1. The molecule has 2 aliphatic rings. The molecule has 2 atom stereocenters. The number of carbonyl (C=O) groups is 1. The first-order chi connectivity index (χ1) is 15.3. The van der Waals surface area contributed by atoms with Crippen molar-refractivity contribution in [2.24, 2.45) is 0 Å². The summed E-state index contributed by atoms with van der Waals surface area (Å²) in [5.74, 6) is -0.357. The lowest BCUT2D eigenvalue weighted by Crippen LogP contribution is -2.48. The number of carbonyl (C=O) groups excluding carboxylic acids is 1. The van der Waals surface area contributed by atoms with Gasteiger partial charge < -0.3 is 19.7 Å². The first-order valence-electron chi connectivity index (χ1n) is 10.8. The molecule has 8 nitrogen and oxygen atoms in total. The summed E-state index contributed by atoms with van der Waals surface area (Å²) in [4.78, 5) is 15.1. The summed E-state index contributed by atoms with van der Waals surface area (Å²) in [6.07, 6.45) is -0.360. The SMILES string of the molecule is C[C@H]1CN(S(=O)(=O)c2cccc(C(=O)Nc3ccc(N4CCOCC4)cc3)c2)C[C@H](C)O1. The van der Waals surface area contributed by atoms with E-state index in [1.807, 2.05) is 38.1 Å². The quantitative estimate of drug-likeness (QED) is 0.740. The Hall–Kier alpha value is -2.46. The molecule has 1 N–H and O–H groups in total. The summed E-state index contributed by atoms with van der Waals surface area (Å²) in [6.45, 7) is 7.39. The zero-order valence-corrected chi connectivity index (χ0v) is 19.2. The molecule has 0 spiro atoms. The highest BCUT2D eigenvalue weighted by Crippen LogP contribution is 2.23. The van der Waals surface area contributed by atoms with E-state index in [4.69, 9.17) is 9.47 Å². The monoisotopic (exact) mass is 459 g/mol. The van der Waals surface area contributed by atoms with Crippen LogP contribution in [0.25, 0.3) is 0 Å². The predicted octanol–water partition coefficient (Wildman–Crippen LogP) is 2.57. The van der Waals surface area contributed by atoms with Gasteiger partial charge in [-0.05, 0) is 56.3 Å². The zero-order chi connectivity index (χ0) is 22.7. The summed E-state index contributed by atoms with van der Waals surface area (Å²) >= 11 is 0. The molecule has 2 aromatic rings. The van der Waals surface area contributed by atoms with Gasteiger partial charge in [-0.1, -0.05) is 6.07 Å². The van der Waals surface area contributed by atoms with Crippen molar-refractivity contribution in [3.8, 4) is 0 Å². The van der Waals surface area contributed by atoms with Crippen LogP contribution in [0.2, 0.25) is 0 Å². The van der Waals surface area contributed by atoms with Gasteiger partial charge in [-0.2, -0.15) is 4.31 Å². The zero-order valence-electron chi connectivity index (χ0n) is 18.4. The molecule has 0 bridgehead atoms. The third kappa shape index (κ3) is 5.12. The van der Waals surface area contributed by atoms with E-state index in [9.17, 15) is 13.2 Å². The first kappa shape index (κ1) is 22.7. The van der Waals surface area contributed by atoms with E-state index in [-0.39, 0.29) is 28.6 Å². The Morgan fingerprint density at radius 2 is 1.66 bits per heavy atom. The lowest BCUT2D eigenvalue weighted by molar-refractivity contribution is -0.0440. The molecule has 9 heteroatoms. The molecule has 2 saturated heterocycles. The molecule has 32 heavy (non-hydrogen) atoms. The number of amides is 1. The number of ether oxygens (including phenoxy) is 2. The minimum Gasteiger partial charge on any atom is -0.378 e. The molecule has 2 aliphatic heterocycles. The van der Waals surface area contributed by atoms with Gasteiger partial charge in [0.05, 0.1) is 30.3 Å². The van der Waals surface area contributed by atoms with Crippen molar-refractivity contribution in [2.75, 3.05) is 49.6 Å². The lowest BCUT2D eigenvalue weighted by atomic mass is 10.2. The predicted molar refractivity (Wildman–Crippen MR) is 123 cm³/mol. The number of hydrogen-bond donors (Lipinski definition) is 1. The van der Waals surface area contributed by atoms with E-state index in [1.165, 1.54) is 16.4 Å². The van der Waals surface area contributed by atoms with Crippen LogP contribution in [0.15, 0.2) is 53.4 Å². The molecule has 1 amide bonds. The van der Waals surface area contributed by atoms with Crippen molar-refractivity contribution in [1.29, 1.82) is 0 Å². The molecule has 0 aromatic heterocycles. The van der Waals surface area contributed by atoms with Crippen molar-refractivity contribution in [2.45, 2.75) is 31.0 Å². The van der Waals surface area contributed by atoms with Gasteiger partial charge in [0, 0.05) is 43.1 Å². The van der Waals surface area contributed by atoms with E-state index in [0.29, 0.717) is 32.0 Å². The lowest BCUT2D eigenvalue weighted by Gasteiger charge is -2.34. The van der Waals surface area contributed by atoms with Crippen LogP contribution in [-0.2, 0) is 19.5 Å². The van der Waals surface area contributed by atoms with E-state index < -0.39 is 10.0 Å². The van der Waals surface area contributed by atoms with Crippen LogP contribution in [0.1, 0.15) is 24.2 Å². The summed E-state index contributed by atoms with van der Waals surface area (Å²) in [7, 11) is -3.72. The maximum atomic E-state index is 13.1. The minimum atomic E-state index is -3.72. The van der Waals surface area contributed by atoms with Gasteiger partial charge in [-0.15, -0.1) is 0 Å². The Kier molecular flexibility index (Phi) is 6.80. The van der Waals surface area contributed by atoms with Crippen molar-refractivity contribution >= 4 is 27.3 Å². The summed E-state index contributed by atoms with van der Waals surface area (Å²) in [6, 6.07) is 13.8. The third-order valence-electron chi connectivity index (χ3n) is 5.62. The van der Waals surface area contributed by atoms with E-state index >= 15 is 0 Å². The highest BCUT2D eigenvalue weighted by molar-refractivity contribution is 7.89. The minimum absolute atomic E-state index is 0.106. The van der Waals surface area contributed by atoms with Crippen molar-refractivity contribution in [1.82, 2.24) is 4.31 Å². The number of anilines is 2. The van der Waals surface area contributed by atoms with Crippen LogP contribution in [0.4, 0.5) is 11.4 Å². The number of nitrogens with one attached hydrogen (secondary N) is 1. The maximum absolute atomic E-state index is 13.1. The summed E-state index contributed by atoms with van der Waals surface area (Å²) < 4.78 is 38.7. The van der Waals surface area contributed by atoms with Crippen LogP contribution in [-0.4, -0.2) is 70.2 Å². The van der Waals surface area contributed by atoms with Crippen molar-refractivity contribution in [3.63, 3.8) is 0 Å². The largest absolute Gasteiger partial charge is 0.378 e. The van der Waals surface area contributed by atoms with Gasteiger partial charge in [0.2, 0.25) is 10.0 Å². The fourth-order valence-corrected chi connectivity index (χ4v) is 5.69. The number of nitrogens with zero attached hydrogens (tertiary/aromatic N) is 2. The van der Waals surface area contributed by atoms with Crippen LogP contribution in [0.5, 0.6) is 0 Å². The maximum Gasteiger partial charge on any atom is 0.255 e. The van der Waals surface area contributed by atoms with Gasteiger partial charge >= 0.3 is 0 Å². The third-order valence-corrected chi connectivity index (χ3v) is 7.45. The molecule has 4 rings (SSSR count). The molecule has 0 radical (unpaired) electrons. The first-order valence-corrected chi connectivity index (χ1v) is 12.3. The Labute approximate surface area is 189 Å². The standard InChI is InChI=1S/C23H29N3O5S/c1-17-15-26(16-18(2)31-17)32(28,29)22-5-3-4-19(14-22)23(27)24-20-6-8-21(9-7-20)25-10-12-30-13-11-25/h3-9,14,17-18H,10-13,15-16H2,1-2H3,(H,24,27)/t17-,18-/m0/s1. The van der Waals surface area contributed by atoms with Gasteiger partial charge in [-0.25, -0.2) is 8.42 Å². The Morgan fingerprint density at radius 1 is 1.00 bits per heavy atom. The van der Waals surface area contributed by atoms with Crippen LogP contribution in [0, 0.1) is 0 Å². The number of hydrogen-bond acceptors (Lipinski definition) is 6. The number of morpholine rings is 2. The molecule has 2 fully saturated rings. The molecule has 0 saturated carbocycles. The summed E-state index contributed by atoms with van der Waals surface area (Å²) in [5.41, 5.74) is 2.02. The molecule has 2 heterocycles. The van der Waals surface area contributed by atoms with Crippen molar-refractivity contribution in [3.05, 3.63) is 54.1 Å².